The Balaban J connectivity index is 2.35. The van der Waals surface area contributed by atoms with Crippen LogP contribution in [0, 0.1) is 13.8 Å². The second-order valence-corrected chi connectivity index (χ2v) is 5.76. The molecule has 2 heterocycles. The number of aryl methyl sites for hydroxylation is 4. The van der Waals surface area contributed by atoms with E-state index < -0.39 is 0 Å². The molecular formula is C18H22N4O2. The van der Waals surface area contributed by atoms with Crippen molar-refractivity contribution in [1.29, 1.82) is 0 Å². The van der Waals surface area contributed by atoms with Crippen molar-refractivity contribution in [2.45, 2.75) is 53.9 Å². The molecule has 1 aromatic carbocycles. The maximum absolute atomic E-state index is 5.21. The van der Waals surface area contributed by atoms with E-state index in [4.69, 9.17) is 9.05 Å². The lowest BCUT2D eigenvalue weighted by Gasteiger charge is -2.17. The van der Waals surface area contributed by atoms with Crippen LogP contribution >= 0.6 is 0 Å². The number of aromatic nitrogens is 4. The van der Waals surface area contributed by atoms with Gasteiger partial charge in [-0.2, -0.15) is 9.97 Å². The fourth-order valence-corrected chi connectivity index (χ4v) is 3.14. The first kappa shape index (κ1) is 16.4. The first-order valence-corrected chi connectivity index (χ1v) is 8.37. The van der Waals surface area contributed by atoms with Crippen LogP contribution in [0.2, 0.25) is 0 Å². The number of nitrogens with zero attached hydrogens (tertiary/aromatic N) is 4. The molecule has 3 aromatic rings. The van der Waals surface area contributed by atoms with Gasteiger partial charge in [-0.25, -0.2) is 0 Å². The van der Waals surface area contributed by atoms with Gasteiger partial charge in [0.15, 0.2) is 0 Å². The molecule has 0 unspecified atom stereocenters. The Morgan fingerprint density at radius 2 is 1.21 bits per heavy atom. The van der Waals surface area contributed by atoms with E-state index in [9.17, 15) is 0 Å². The molecule has 0 spiro atoms. The Morgan fingerprint density at radius 3 is 1.50 bits per heavy atom. The lowest BCUT2D eigenvalue weighted by molar-refractivity contribution is 0.394. The summed E-state index contributed by atoms with van der Waals surface area (Å²) in [4.78, 5) is 8.90. The lowest BCUT2D eigenvalue weighted by atomic mass is 9.87. The van der Waals surface area contributed by atoms with Crippen molar-refractivity contribution in [3.63, 3.8) is 0 Å². The lowest BCUT2D eigenvalue weighted by Crippen LogP contribution is -2.04. The van der Waals surface area contributed by atoms with Crippen molar-refractivity contribution in [2.75, 3.05) is 0 Å². The standard InChI is InChI=1S/C18H22N4O2/c1-6-12-9-13(7-2)16(18-20-11(5)24-22-18)14(8-3)15(12)17-19-10(4)23-21-17/h9H,6-8H2,1-5H3. The highest BCUT2D eigenvalue weighted by molar-refractivity contribution is 5.78. The zero-order valence-corrected chi connectivity index (χ0v) is 14.8. The fraction of sp³-hybridized carbons (Fsp3) is 0.444. The van der Waals surface area contributed by atoms with E-state index in [1.54, 1.807) is 13.8 Å². The van der Waals surface area contributed by atoms with Gasteiger partial charge in [0.1, 0.15) is 0 Å². The van der Waals surface area contributed by atoms with Gasteiger partial charge in [0.25, 0.3) is 0 Å². The molecule has 0 saturated heterocycles. The Kier molecular flexibility index (Phi) is 4.46. The van der Waals surface area contributed by atoms with Crippen LogP contribution < -0.4 is 0 Å². The molecule has 0 aliphatic carbocycles. The Hall–Kier alpha value is -2.50. The molecule has 0 aliphatic heterocycles. The van der Waals surface area contributed by atoms with Gasteiger partial charge >= 0.3 is 0 Å². The molecule has 2 aromatic heterocycles. The van der Waals surface area contributed by atoms with Crippen LogP contribution in [-0.2, 0) is 19.3 Å². The maximum Gasteiger partial charge on any atom is 0.223 e. The number of benzene rings is 1. The monoisotopic (exact) mass is 326 g/mol. The number of hydrogen-bond donors (Lipinski definition) is 0. The van der Waals surface area contributed by atoms with Crippen molar-refractivity contribution in [2.24, 2.45) is 0 Å². The van der Waals surface area contributed by atoms with Gasteiger partial charge in [-0.15, -0.1) is 0 Å². The van der Waals surface area contributed by atoms with Gasteiger partial charge in [0.2, 0.25) is 23.4 Å². The smallest absolute Gasteiger partial charge is 0.223 e. The summed E-state index contributed by atoms with van der Waals surface area (Å²) >= 11 is 0. The van der Waals surface area contributed by atoms with Crippen LogP contribution in [0.3, 0.4) is 0 Å². The molecule has 126 valence electrons. The Labute approximate surface area is 141 Å². The molecule has 0 N–H and O–H groups in total. The summed E-state index contributed by atoms with van der Waals surface area (Å²) < 4.78 is 10.4. The molecule has 3 rings (SSSR count). The highest BCUT2D eigenvalue weighted by atomic mass is 16.5. The summed E-state index contributed by atoms with van der Waals surface area (Å²) in [5.74, 6) is 2.38. The van der Waals surface area contributed by atoms with Crippen molar-refractivity contribution < 1.29 is 9.05 Å². The first-order valence-electron chi connectivity index (χ1n) is 8.37. The summed E-state index contributed by atoms with van der Waals surface area (Å²) in [6.45, 7) is 10.0. The van der Waals surface area contributed by atoms with Gasteiger partial charge in [-0.1, -0.05) is 37.2 Å². The van der Waals surface area contributed by atoms with Crippen molar-refractivity contribution in [1.82, 2.24) is 20.3 Å². The molecule has 0 bridgehead atoms. The van der Waals surface area contributed by atoms with Crippen molar-refractivity contribution >= 4 is 0 Å². The van der Waals surface area contributed by atoms with E-state index in [0.717, 1.165) is 36.0 Å². The normalized spacial score (nSPS) is 11.2. The zero-order valence-electron chi connectivity index (χ0n) is 14.8. The minimum absolute atomic E-state index is 0.561. The highest BCUT2D eigenvalue weighted by Gasteiger charge is 2.23. The SMILES string of the molecule is CCc1cc(CC)c(-c2noc(C)n2)c(CC)c1-c1noc(C)n1. The number of rotatable bonds is 5. The average Bonchev–Trinajstić information content (AvgIpc) is 3.20. The second kappa shape index (κ2) is 6.55. The molecule has 0 amide bonds. The minimum atomic E-state index is 0.561. The van der Waals surface area contributed by atoms with Gasteiger partial charge in [0, 0.05) is 25.0 Å². The first-order chi connectivity index (χ1) is 11.6. The van der Waals surface area contributed by atoms with Crippen LogP contribution in [0.5, 0.6) is 0 Å². The molecule has 0 saturated carbocycles. The molecular weight excluding hydrogens is 304 g/mol. The maximum atomic E-state index is 5.21. The zero-order chi connectivity index (χ0) is 17.3. The van der Waals surface area contributed by atoms with Gasteiger partial charge < -0.3 is 9.05 Å². The summed E-state index contributed by atoms with van der Waals surface area (Å²) in [5.41, 5.74) is 5.65. The molecule has 0 radical (unpaired) electrons. The molecule has 0 fully saturated rings. The third-order valence-corrected chi connectivity index (χ3v) is 4.21. The Morgan fingerprint density at radius 1 is 0.750 bits per heavy atom. The topological polar surface area (TPSA) is 77.8 Å². The van der Waals surface area contributed by atoms with Crippen LogP contribution in [0.1, 0.15) is 49.2 Å². The molecule has 0 aliphatic rings. The van der Waals surface area contributed by atoms with Crippen LogP contribution in [0.25, 0.3) is 22.8 Å². The van der Waals surface area contributed by atoms with Gasteiger partial charge in [-0.3, -0.25) is 0 Å². The molecule has 6 heteroatoms. The van der Waals surface area contributed by atoms with Crippen LogP contribution in [0.4, 0.5) is 0 Å². The van der Waals surface area contributed by atoms with Gasteiger partial charge in [0.05, 0.1) is 0 Å². The summed E-state index contributed by atoms with van der Waals surface area (Å²) in [7, 11) is 0. The largest absolute Gasteiger partial charge is 0.339 e. The summed E-state index contributed by atoms with van der Waals surface area (Å²) in [5, 5.41) is 8.30. The molecule has 0 atom stereocenters. The minimum Gasteiger partial charge on any atom is -0.339 e. The molecule has 6 nitrogen and oxygen atoms in total. The van der Waals surface area contributed by atoms with E-state index in [0.29, 0.717) is 23.4 Å². The summed E-state index contributed by atoms with van der Waals surface area (Å²) in [6, 6.07) is 2.21. The van der Waals surface area contributed by atoms with E-state index in [1.807, 2.05) is 0 Å². The Bertz CT molecular complexity index is 798. The predicted molar refractivity (Wildman–Crippen MR) is 90.6 cm³/mol. The van der Waals surface area contributed by atoms with E-state index in [1.165, 1.54) is 11.1 Å². The summed E-state index contributed by atoms with van der Waals surface area (Å²) in [6.07, 6.45) is 2.62. The van der Waals surface area contributed by atoms with E-state index in [2.05, 4.69) is 47.1 Å². The van der Waals surface area contributed by atoms with Gasteiger partial charge in [-0.05, 0) is 36.0 Å². The quantitative estimate of drug-likeness (QED) is 0.702. The van der Waals surface area contributed by atoms with Crippen molar-refractivity contribution in [3.8, 4) is 22.8 Å². The van der Waals surface area contributed by atoms with E-state index in [-0.39, 0.29) is 0 Å². The van der Waals surface area contributed by atoms with Crippen LogP contribution in [-0.4, -0.2) is 20.3 Å². The highest BCUT2D eigenvalue weighted by Crippen LogP contribution is 2.37. The van der Waals surface area contributed by atoms with E-state index >= 15 is 0 Å². The van der Waals surface area contributed by atoms with Crippen LogP contribution in [0.15, 0.2) is 15.1 Å². The number of hydrogen-bond acceptors (Lipinski definition) is 6. The fourth-order valence-electron chi connectivity index (χ4n) is 3.14. The predicted octanol–water partition coefficient (Wildman–Crippen LogP) is 4.09. The molecule has 24 heavy (non-hydrogen) atoms. The average molecular weight is 326 g/mol. The third-order valence-electron chi connectivity index (χ3n) is 4.21. The van der Waals surface area contributed by atoms with Crippen molar-refractivity contribution in [3.05, 3.63) is 34.5 Å². The third kappa shape index (κ3) is 2.72. The second-order valence-electron chi connectivity index (χ2n) is 5.76.